The molecular weight excluding hydrogens is 221 g/mol. The number of carbonyl (C=O) groups excluding carboxylic acids is 1. The lowest BCUT2D eigenvalue weighted by molar-refractivity contribution is 0.115. The van der Waals surface area contributed by atoms with E-state index in [2.05, 4.69) is 5.32 Å². The predicted molar refractivity (Wildman–Crippen MR) is 53.3 cm³/mol. The standard InChI is InChI=1S/C10H9ClFNO2/c11-7-2-1-6(5-8(7)12)9-3-4-15-10(14)13-9/h1-2,5,9H,3-4H2,(H,13,14)/t9-/m1/s1. The first-order valence-corrected chi connectivity index (χ1v) is 4.93. The number of ether oxygens (including phenoxy) is 1. The van der Waals surface area contributed by atoms with Crippen LogP contribution in [0.2, 0.25) is 5.02 Å². The number of alkyl carbamates (subject to hydrolysis) is 1. The van der Waals surface area contributed by atoms with Crippen molar-refractivity contribution in [3.05, 3.63) is 34.6 Å². The molecule has 1 aromatic carbocycles. The van der Waals surface area contributed by atoms with Gasteiger partial charge in [0.05, 0.1) is 17.7 Å². The number of nitrogens with one attached hydrogen (secondary N) is 1. The lowest BCUT2D eigenvalue weighted by Crippen LogP contribution is -2.35. The summed E-state index contributed by atoms with van der Waals surface area (Å²) in [7, 11) is 0. The zero-order valence-electron chi connectivity index (χ0n) is 7.80. The molecule has 1 fully saturated rings. The average molecular weight is 230 g/mol. The van der Waals surface area contributed by atoms with Gasteiger partial charge in [-0.05, 0) is 17.7 Å². The lowest BCUT2D eigenvalue weighted by atomic mass is 10.0. The summed E-state index contributed by atoms with van der Waals surface area (Å²) in [4.78, 5) is 10.9. The Bertz CT molecular complexity index is 397. The fraction of sp³-hybridized carbons (Fsp3) is 0.300. The molecule has 0 aromatic heterocycles. The van der Waals surface area contributed by atoms with Crippen molar-refractivity contribution in [2.24, 2.45) is 0 Å². The molecule has 5 heteroatoms. The van der Waals surface area contributed by atoms with E-state index in [0.717, 1.165) is 0 Å². The highest BCUT2D eigenvalue weighted by Gasteiger charge is 2.21. The molecule has 1 amide bonds. The van der Waals surface area contributed by atoms with Crippen molar-refractivity contribution in [1.29, 1.82) is 0 Å². The highest BCUT2D eigenvalue weighted by atomic mass is 35.5. The van der Waals surface area contributed by atoms with Gasteiger partial charge in [0, 0.05) is 6.42 Å². The number of rotatable bonds is 1. The van der Waals surface area contributed by atoms with E-state index in [-0.39, 0.29) is 11.1 Å². The fourth-order valence-electron chi connectivity index (χ4n) is 1.50. The Morgan fingerprint density at radius 2 is 2.33 bits per heavy atom. The summed E-state index contributed by atoms with van der Waals surface area (Å²) in [5, 5.41) is 2.69. The first kappa shape index (κ1) is 10.2. The maximum atomic E-state index is 13.2. The summed E-state index contributed by atoms with van der Waals surface area (Å²) in [5.41, 5.74) is 0.702. The first-order valence-electron chi connectivity index (χ1n) is 4.55. The summed E-state index contributed by atoms with van der Waals surface area (Å²) >= 11 is 5.56. The number of carbonyl (C=O) groups is 1. The molecular formula is C10H9ClFNO2. The molecule has 0 bridgehead atoms. The second-order valence-electron chi connectivity index (χ2n) is 3.30. The van der Waals surface area contributed by atoms with Crippen LogP contribution in [-0.4, -0.2) is 12.7 Å². The molecule has 1 aliphatic heterocycles. The zero-order chi connectivity index (χ0) is 10.8. The number of halogens is 2. The largest absolute Gasteiger partial charge is 0.449 e. The Balaban J connectivity index is 2.21. The van der Waals surface area contributed by atoms with Gasteiger partial charge >= 0.3 is 6.09 Å². The fourth-order valence-corrected chi connectivity index (χ4v) is 1.62. The number of amides is 1. The number of hydrogen-bond acceptors (Lipinski definition) is 2. The van der Waals surface area contributed by atoms with Crippen molar-refractivity contribution < 1.29 is 13.9 Å². The Morgan fingerprint density at radius 3 is 3.00 bits per heavy atom. The van der Waals surface area contributed by atoms with Crippen LogP contribution in [0.3, 0.4) is 0 Å². The lowest BCUT2D eigenvalue weighted by Gasteiger charge is -2.23. The minimum absolute atomic E-state index is 0.0807. The van der Waals surface area contributed by atoms with Gasteiger partial charge in [0.25, 0.3) is 0 Å². The van der Waals surface area contributed by atoms with Gasteiger partial charge < -0.3 is 10.1 Å². The molecule has 0 saturated carbocycles. The second-order valence-corrected chi connectivity index (χ2v) is 3.70. The van der Waals surface area contributed by atoms with Crippen molar-refractivity contribution in [3.63, 3.8) is 0 Å². The highest BCUT2D eigenvalue weighted by molar-refractivity contribution is 6.30. The molecule has 1 aromatic rings. The summed E-state index contributed by atoms with van der Waals surface area (Å²) in [6.07, 6.45) is 0.161. The molecule has 3 nitrogen and oxygen atoms in total. The molecule has 1 saturated heterocycles. The van der Waals surface area contributed by atoms with Gasteiger partial charge in [0.15, 0.2) is 0 Å². The normalized spacial score (nSPS) is 20.7. The van der Waals surface area contributed by atoms with Gasteiger partial charge in [-0.2, -0.15) is 0 Å². The van der Waals surface area contributed by atoms with Crippen LogP contribution in [0.15, 0.2) is 18.2 Å². The minimum atomic E-state index is -0.477. The number of hydrogen-bond donors (Lipinski definition) is 1. The molecule has 1 N–H and O–H groups in total. The van der Waals surface area contributed by atoms with Crippen LogP contribution in [0.4, 0.5) is 9.18 Å². The molecule has 0 unspecified atom stereocenters. The molecule has 1 atom stereocenters. The maximum Gasteiger partial charge on any atom is 0.407 e. The summed E-state index contributed by atoms with van der Waals surface area (Å²) in [6, 6.07) is 4.31. The molecule has 1 aliphatic rings. The van der Waals surface area contributed by atoms with Crippen molar-refractivity contribution in [1.82, 2.24) is 5.32 Å². The van der Waals surface area contributed by atoms with Crippen molar-refractivity contribution in [3.8, 4) is 0 Å². The molecule has 15 heavy (non-hydrogen) atoms. The monoisotopic (exact) mass is 229 g/mol. The van der Waals surface area contributed by atoms with E-state index in [1.807, 2.05) is 0 Å². The molecule has 1 heterocycles. The van der Waals surface area contributed by atoms with Crippen molar-refractivity contribution in [2.45, 2.75) is 12.5 Å². The Hall–Kier alpha value is -1.29. The van der Waals surface area contributed by atoms with Gasteiger partial charge in [-0.25, -0.2) is 9.18 Å². The Kier molecular flexibility index (Phi) is 2.77. The van der Waals surface area contributed by atoms with E-state index < -0.39 is 11.9 Å². The van der Waals surface area contributed by atoms with Gasteiger partial charge in [-0.1, -0.05) is 17.7 Å². The SMILES string of the molecule is O=C1N[C@@H](c2ccc(Cl)c(F)c2)CCO1. The highest BCUT2D eigenvalue weighted by Crippen LogP contribution is 2.24. The molecule has 0 radical (unpaired) electrons. The van der Waals surface area contributed by atoms with Crippen LogP contribution in [0.25, 0.3) is 0 Å². The van der Waals surface area contributed by atoms with Crippen molar-refractivity contribution in [2.75, 3.05) is 6.61 Å². The van der Waals surface area contributed by atoms with Crippen LogP contribution in [-0.2, 0) is 4.74 Å². The van der Waals surface area contributed by atoms with Gasteiger partial charge in [0.2, 0.25) is 0 Å². The Labute approximate surface area is 91.2 Å². The van der Waals surface area contributed by atoms with Crippen LogP contribution < -0.4 is 5.32 Å². The third kappa shape index (κ3) is 2.21. The van der Waals surface area contributed by atoms with E-state index in [1.54, 1.807) is 6.07 Å². The topological polar surface area (TPSA) is 38.3 Å². The third-order valence-electron chi connectivity index (χ3n) is 2.28. The third-order valence-corrected chi connectivity index (χ3v) is 2.58. The van der Waals surface area contributed by atoms with Crippen LogP contribution in [0, 0.1) is 5.82 Å². The maximum absolute atomic E-state index is 13.2. The van der Waals surface area contributed by atoms with E-state index >= 15 is 0 Å². The van der Waals surface area contributed by atoms with Gasteiger partial charge in [0.1, 0.15) is 5.82 Å². The predicted octanol–water partition coefficient (Wildman–Crippen LogP) is 2.65. The van der Waals surface area contributed by atoms with E-state index in [4.69, 9.17) is 16.3 Å². The molecule has 0 aliphatic carbocycles. The average Bonchev–Trinajstić information content (AvgIpc) is 2.22. The van der Waals surface area contributed by atoms with Crippen LogP contribution in [0.5, 0.6) is 0 Å². The smallest absolute Gasteiger partial charge is 0.407 e. The summed E-state index contributed by atoms with van der Waals surface area (Å²) < 4.78 is 17.9. The van der Waals surface area contributed by atoms with Crippen LogP contribution >= 0.6 is 11.6 Å². The Morgan fingerprint density at radius 1 is 1.53 bits per heavy atom. The first-order chi connectivity index (χ1) is 7.16. The zero-order valence-corrected chi connectivity index (χ0v) is 8.55. The van der Waals surface area contributed by atoms with E-state index in [9.17, 15) is 9.18 Å². The van der Waals surface area contributed by atoms with Crippen LogP contribution in [0.1, 0.15) is 18.0 Å². The van der Waals surface area contributed by atoms with E-state index in [1.165, 1.54) is 12.1 Å². The van der Waals surface area contributed by atoms with Crippen molar-refractivity contribution >= 4 is 17.7 Å². The number of cyclic esters (lactones) is 1. The molecule has 0 spiro atoms. The summed E-state index contributed by atoms with van der Waals surface area (Å²) in [5.74, 6) is -0.477. The quantitative estimate of drug-likeness (QED) is 0.804. The van der Waals surface area contributed by atoms with Gasteiger partial charge in [-0.3, -0.25) is 0 Å². The number of benzene rings is 1. The second kappa shape index (κ2) is 4.06. The minimum Gasteiger partial charge on any atom is -0.449 e. The van der Waals surface area contributed by atoms with E-state index in [0.29, 0.717) is 18.6 Å². The van der Waals surface area contributed by atoms with Gasteiger partial charge in [-0.15, -0.1) is 0 Å². The summed E-state index contributed by atoms with van der Waals surface area (Å²) in [6.45, 7) is 0.348. The molecule has 80 valence electrons. The molecule has 2 rings (SSSR count).